The van der Waals surface area contributed by atoms with Gasteiger partial charge >= 0.3 is 0 Å². The number of fused-ring (bicyclic) bond motifs is 2. The number of nitrogens with zero attached hydrogens (tertiary/aromatic N) is 1. The molecule has 20 heavy (non-hydrogen) atoms. The standard InChI is InChI=1S/C16H22F2N2/c1-19-12-8-13-3-2-4-14(9-12)20(13)10-11-5-6-15(17)16(18)7-11/h5-7,12-14,19H,2-4,8-10H2,1H3. The van der Waals surface area contributed by atoms with Gasteiger partial charge in [-0.3, -0.25) is 4.90 Å². The Morgan fingerprint density at radius 1 is 1.15 bits per heavy atom. The van der Waals surface area contributed by atoms with Crippen molar-refractivity contribution in [2.45, 2.75) is 56.8 Å². The fraction of sp³-hybridized carbons (Fsp3) is 0.625. The largest absolute Gasteiger partial charge is 0.317 e. The van der Waals surface area contributed by atoms with Crippen molar-refractivity contribution in [3.8, 4) is 0 Å². The maximum atomic E-state index is 13.3. The van der Waals surface area contributed by atoms with Crippen LogP contribution >= 0.6 is 0 Å². The molecule has 1 aromatic carbocycles. The van der Waals surface area contributed by atoms with E-state index in [0.29, 0.717) is 18.1 Å². The van der Waals surface area contributed by atoms with Gasteiger partial charge in [-0.2, -0.15) is 0 Å². The average molecular weight is 280 g/mol. The third kappa shape index (κ3) is 2.72. The van der Waals surface area contributed by atoms with E-state index in [4.69, 9.17) is 0 Å². The predicted molar refractivity (Wildman–Crippen MR) is 75.4 cm³/mol. The Morgan fingerprint density at radius 3 is 2.45 bits per heavy atom. The maximum Gasteiger partial charge on any atom is 0.159 e. The third-order valence-corrected chi connectivity index (χ3v) is 4.88. The summed E-state index contributed by atoms with van der Waals surface area (Å²) in [7, 11) is 2.03. The van der Waals surface area contributed by atoms with Crippen molar-refractivity contribution < 1.29 is 8.78 Å². The summed E-state index contributed by atoms with van der Waals surface area (Å²) in [5.74, 6) is -1.50. The molecule has 2 heterocycles. The fourth-order valence-corrected chi connectivity index (χ4v) is 3.82. The molecule has 3 rings (SSSR count). The van der Waals surface area contributed by atoms with E-state index < -0.39 is 11.6 Å². The van der Waals surface area contributed by atoms with Gasteiger partial charge in [-0.1, -0.05) is 12.5 Å². The van der Waals surface area contributed by atoms with Crippen molar-refractivity contribution in [2.24, 2.45) is 0 Å². The molecule has 1 N–H and O–H groups in total. The van der Waals surface area contributed by atoms with Gasteiger partial charge in [-0.15, -0.1) is 0 Å². The maximum absolute atomic E-state index is 13.3. The molecule has 2 fully saturated rings. The van der Waals surface area contributed by atoms with Crippen molar-refractivity contribution in [1.82, 2.24) is 10.2 Å². The van der Waals surface area contributed by atoms with Gasteiger partial charge in [0.05, 0.1) is 0 Å². The van der Waals surface area contributed by atoms with Gasteiger partial charge in [-0.05, 0) is 50.4 Å². The molecule has 4 heteroatoms. The van der Waals surface area contributed by atoms with Crippen LogP contribution in [0.5, 0.6) is 0 Å². The van der Waals surface area contributed by atoms with Crippen LogP contribution in [0.2, 0.25) is 0 Å². The first-order chi connectivity index (χ1) is 9.67. The molecule has 2 nitrogen and oxygen atoms in total. The average Bonchev–Trinajstić information content (AvgIpc) is 2.42. The van der Waals surface area contributed by atoms with E-state index in [1.807, 2.05) is 7.05 Å². The van der Waals surface area contributed by atoms with Crippen LogP contribution in [0.3, 0.4) is 0 Å². The summed E-state index contributed by atoms with van der Waals surface area (Å²) in [4.78, 5) is 2.50. The Kier molecular flexibility index (Phi) is 4.03. The summed E-state index contributed by atoms with van der Waals surface area (Å²) in [6, 6.07) is 6.04. The van der Waals surface area contributed by atoms with Gasteiger partial charge in [0.2, 0.25) is 0 Å². The number of halogens is 2. The Balaban J connectivity index is 1.74. The van der Waals surface area contributed by atoms with Crippen LogP contribution in [0.4, 0.5) is 8.78 Å². The van der Waals surface area contributed by atoms with Crippen LogP contribution in [0.25, 0.3) is 0 Å². The second-order valence-electron chi connectivity index (χ2n) is 6.12. The van der Waals surface area contributed by atoms with Gasteiger partial charge in [0.1, 0.15) is 0 Å². The number of hydrogen-bond donors (Lipinski definition) is 1. The predicted octanol–water partition coefficient (Wildman–Crippen LogP) is 3.07. The van der Waals surface area contributed by atoms with E-state index in [2.05, 4.69) is 10.2 Å². The van der Waals surface area contributed by atoms with Gasteiger partial charge in [0.15, 0.2) is 11.6 Å². The van der Waals surface area contributed by atoms with Crippen molar-refractivity contribution in [3.63, 3.8) is 0 Å². The number of piperidine rings is 2. The van der Waals surface area contributed by atoms with Crippen LogP contribution in [0.1, 0.15) is 37.7 Å². The zero-order valence-corrected chi connectivity index (χ0v) is 11.9. The van der Waals surface area contributed by atoms with E-state index >= 15 is 0 Å². The van der Waals surface area contributed by atoms with Gasteiger partial charge < -0.3 is 5.32 Å². The summed E-state index contributed by atoms with van der Waals surface area (Å²) in [5.41, 5.74) is 0.878. The van der Waals surface area contributed by atoms with Crippen molar-refractivity contribution >= 4 is 0 Å². The quantitative estimate of drug-likeness (QED) is 0.915. The van der Waals surface area contributed by atoms with Gasteiger partial charge in [0.25, 0.3) is 0 Å². The second-order valence-corrected chi connectivity index (χ2v) is 6.12. The Hall–Kier alpha value is -1.00. The highest BCUT2D eigenvalue weighted by molar-refractivity contribution is 5.18. The zero-order chi connectivity index (χ0) is 14.1. The topological polar surface area (TPSA) is 15.3 Å². The molecule has 2 aliphatic rings. The molecule has 2 atom stereocenters. The number of rotatable bonds is 3. The Bertz CT molecular complexity index is 464. The van der Waals surface area contributed by atoms with Gasteiger partial charge in [0, 0.05) is 24.7 Å². The molecule has 2 bridgehead atoms. The number of nitrogens with one attached hydrogen (secondary N) is 1. The SMILES string of the molecule is CNC1CC2CCCC(C1)N2Cc1ccc(F)c(F)c1. The molecule has 0 saturated carbocycles. The highest BCUT2D eigenvalue weighted by Gasteiger charge is 2.37. The van der Waals surface area contributed by atoms with Crippen LogP contribution in [0.15, 0.2) is 18.2 Å². The van der Waals surface area contributed by atoms with E-state index in [1.165, 1.54) is 31.4 Å². The molecule has 0 radical (unpaired) electrons. The summed E-state index contributed by atoms with van der Waals surface area (Å²) in [6.07, 6.45) is 6.06. The van der Waals surface area contributed by atoms with E-state index in [1.54, 1.807) is 6.07 Å². The van der Waals surface area contributed by atoms with Gasteiger partial charge in [-0.25, -0.2) is 8.78 Å². The molecule has 2 saturated heterocycles. The molecule has 1 aromatic rings. The van der Waals surface area contributed by atoms with Crippen LogP contribution in [-0.2, 0) is 6.54 Å². The highest BCUT2D eigenvalue weighted by atomic mass is 19.2. The Morgan fingerprint density at radius 2 is 1.85 bits per heavy atom. The lowest BCUT2D eigenvalue weighted by Crippen LogP contribution is -2.55. The molecule has 110 valence electrons. The minimum absolute atomic E-state index is 0.577. The summed E-state index contributed by atoms with van der Waals surface area (Å²) in [6.45, 7) is 0.739. The third-order valence-electron chi connectivity index (χ3n) is 4.88. The second kappa shape index (κ2) is 5.78. The molecule has 2 aliphatic heterocycles. The summed E-state index contributed by atoms with van der Waals surface area (Å²) < 4.78 is 26.3. The van der Waals surface area contributed by atoms with Crippen molar-refractivity contribution in [1.29, 1.82) is 0 Å². The minimum atomic E-state index is -0.761. The monoisotopic (exact) mass is 280 g/mol. The number of hydrogen-bond acceptors (Lipinski definition) is 2. The molecule has 0 aromatic heterocycles. The minimum Gasteiger partial charge on any atom is -0.317 e. The first-order valence-corrected chi connectivity index (χ1v) is 7.54. The highest BCUT2D eigenvalue weighted by Crippen LogP contribution is 2.35. The van der Waals surface area contributed by atoms with Crippen LogP contribution in [-0.4, -0.2) is 30.1 Å². The van der Waals surface area contributed by atoms with Crippen LogP contribution < -0.4 is 5.32 Å². The first kappa shape index (κ1) is 14.0. The lowest BCUT2D eigenvalue weighted by Gasteiger charge is -2.49. The molecule has 0 spiro atoms. The van der Waals surface area contributed by atoms with E-state index in [0.717, 1.165) is 24.9 Å². The fourth-order valence-electron chi connectivity index (χ4n) is 3.82. The summed E-state index contributed by atoms with van der Waals surface area (Å²) in [5, 5.41) is 3.40. The molecular formula is C16H22F2N2. The molecule has 2 unspecified atom stereocenters. The lowest BCUT2D eigenvalue weighted by molar-refractivity contribution is 0.0190. The molecule has 0 amide bonds. The van der Waals surface area contributed by atoms with E-state index in [-0.39, 0.29) is 0 Å². The summed E-state index contributed by atoms with van der Waals surface area (Å²) >= 11 is 0. The molecule has 0 aliphatic carbocycles. The van der Waals surface area contributed by atoms with Crippen molar-refractivity contribution in [2.75, 3.05) is 7.05 Å². The zero-order valence-electron chi connectivity index (χ0n) is 11.9. The van der Waals surface area contributed by atoms with E-state index in [9.17, 15) is 8.78 Å². The molecular weight excluding hydrogens is 258 g/mol. The first-order valence-electron chi connectivity index (χ1n) is 7.54. The van der Waals surface area contributed by atoms with Crippen molar-refractivity contribution in [3.05, 3.63) is 35.4 Å². The van der Waals surface area contributed by atoms with Crippen LogP contribution in [0, 0.1) is 11.6 Å². The normalized spacial score (nSPS) is 30.4. The lowest BCUT2D eigenvalue weighted by atomic mass is 9.81. The number of benzene rings is 1. The Labute approximate surface area is 119 Å². The smallest absolute Gasteiger partial charge is 0.159 e.